The molecule has 0 fully saturated rings. The van der Waals surface area contributed by atoms with Crippen molar-refractivity contribution in [1.29, 1.82) is 0 Å². The van der Waals surface area contributed by atoms with Crippen LogP contribution in [0.2, 0.25) is 0 Å². The van der Waals surface area contributed by atoms with Gasteiger partial charge in [-0.1, -0.05) is 12.1 Å². The molecule has 1 aromatic rings. The van der Waals surface area contributed by atoms with Gasteiger partial charge in [0, 0.05) is 11.3 Å². The molecule has 0 aromatic heterocycles. The largest absolute Gasteiger partial charge is 0.467 e. The fraction of sp³-hybridized carbons (Fsp3) is 0.438. The molecule has 0 aliphatic carbocycles. The first kappa shape index (κ1) is 18.7. The zero-order chi connectivity index (χ0) is 17.5. The van der Waals surface area contributed by atoms with E-state index < -0.39 is 17.3 Å². The van der Waals surface area contributed by atoms with Crippen LogP contribution in [0.5, 0.6) is 0 Å². The molecule has 1 aliphatic heterocycles. The number of nitrogens with one attached hydrogen (secondary N) is 2. The van der Waals surface area contributed by atoms with Gasteiger partial charge in [-0.2, -0.15) is 11.8 Å². The number of fused-ring (bicyclic) bond motifs is 1. The Morgan fingerprint density at radius 2 is 2.17 bits per heavy atom. The molecule has 1 heterocycles. The Hall–Kier alpha value is -1.67. The maximum Gasteiger partial charge on any atom is 0.328 e. The van der Waals surface area contributed by atoms with Crippen LogP contribution in [-0.4, -0.2) is 48.2 Å². The number of rotatable bonds is 7. The maximum absolute atomic E-state index is 12.2. The molecule has 2 amide bonds. The van der Waals surface area contributed by atoms with Crippen molar-refractivity contribution < 1.29 is 19.1 Å². The molecular weight excluding hydrogens is 348 g/mol. The number of hydrogen-bond acceptors (Lipinski definition) is 6. The highest BCUT2D eigenvalue weighted by atomic mass is 32.2. The minimum absolute atomic E-state index is 0.0115. The fourth-order valence-electron chi connectivity index (χ4n) is 2.28. The number of carbonyl (C=O) groups is 3. The molecule has 8 heteroatoms. The minimum Gasteiger partial charge on any atom is -0.467 e. The van der Waals surface area contributed by atoms with Crippen molar-refractivity contribution >= 4 is 47.0 Å². The van der Waals surface area contributed by atoms with Crippen LogP contribution in [0, 0.1) is 0 Å². The van der Waals surface area contributed by atoms with Gasteiger partial charge in [0.05, 0.1) is 18.0 Å². The maximum atomic E-state index is 12.2. The summed E-state index contributed by atoms with van der Waals surface area (Å²) in [7, 11) is 1.29. The highest BCUT2D eigenvalue weighted by Crippen LogP contribution is 2.36. The number of anilines is 1. The number of benzene rings is 1. The van der Waals surface area contributed by atoms with Crippen LogP contribution in [0.4, 0.5) is 5.69 Å². The third-order valence-corrected chi connectivity index (χ3v) is 5.43. The Morgan fingerprint density at radius 1 is 1.42 bits per heavy atom. The second-order valence-corrected chi connectivity index (χ2v) is 7.45. The van der Waals surface area contributed by atoms with Crippen molar-refractivity contribution in [1.82, 2.24) is 5.32 Å². The smallest absolute Gasteiger partial charge is 0.328 e. The van der Waals surface area contributed by atoms with Crippen LogP contribution in [0.15, 0.2) is 29.2 Å². The molecule has 1 aromatic carbocycles. The van der Waals surface area contributed by atoms with E-state index in [4.69, 9.17) is 4.74 Å². The Balaban J connectivity index is 1.96. The first-order valence-corrected chi connectivity index (χ1v) is 9.75. The summed E-state index contributed by atoms with van der Waals surface area (Å²) < 4.78 is 4.72. The average Bonchev–Trinajstić information content (AvgIpc) is 2.58. The number of carbonyl (C=O) groups excluding carboxylic acids is 3. The lowest BCUT2D eigenvalue weighted by Crippen LogP contribution is -2.44. The van der Waals surface area contributed by atoms with E-state index in [0.717, 1.165) is 16.3 Å². The highest BCUT2D eigenvalue weighted by Gasteiger charge is 2.30. The van der Waals surface area contributed by atoms with Gasteiger partial charge in [-0.05, 0) is 30.6 Å². The summed E-state index contributed by atoms with van der Waals surface area (Å²) in [5.41, 5.74) is 0.761. The summed E-state index contributed by atoms with van der Waals surface area (Å²) >= 11 is 2.95. The Bertz CT molecular complexity index is 624. The summed E-state index contributed by atoms with van der Waals surface area (Å²) in [4.78, 5) is 37.1. The normalized spacial score (nSPS) is 17.4. The van der Waals surface area contributed by atoms with Crippen LogP contribution >= 0.6 is 23.5 Å². The molecule has 2 atom stereocenters. The third-order valence-electron chi connectivity index (χ3n) is 3.51. The van der Waals surface area contributed by atoms with E-state index in [-0.39, 0.29) is 18.2 Å². The summed E-state index contributed by atoms with van der Waals surface area (Å²) in [5.74, 6) is -0.277. The molecule has 2 rings (SSSR count). The summed E-state index contributed by atoms with van der Waals surface area (Å²) in [6, 6.07) is 6.78. The topological polar surface area (TPSA) is 84.5 Å². The lowest BCUT2D eigenvalue weighted by atomic mass is 10.2. The van der Waals surface area contributed by atoms with Crippen LogP contribution in [0.3, 0.4) is 0 Å². The van der Waals surface area contributed by atoms with E-state index in [0.29, 0.717) is 6.42 Å². The average molecular weight is 368 g/mol. The van der Waals surface area contributed by atoms with Gasteiger partial charge >= 0.3 is 5.97 Å². The zero-order valence-corrected chi connectivity index (χ0v) is 15.2. The number of methoxy groups -OCH3 is 1. The Morgan fingerprint density at radius 3 is 2.88 bits per heavy atom. The molecule has 0 radical (unpaired) electrons. The number of hydrogen-bond donors (Lipinski definition) is 2. The molecule has 0 saturated heterocycles. The first-order valence-electron chi connectivity index (χ1n) is 7.47. The SMILES string of the molecule is COC(=O)C(CCSC)NC(=O)CC1Sc2ccccc2NC1=O. The van der Waals surface area contributed by atoms with E-state index in [1.54, 1.807) is 11.8 Å². The molecule has 130 valence electrons. The predicted molar refractivity (Wildman–Crippen MR) is 96.3 cm³/mol. The number of thioether (sulfide) groups is 2. The molecule has 0 spiro atoms. The van der Waals surface area contributed by atoms with Gasteiger partial charge in [0.25, 0.3) is 0 Å². The second kappa shape index (κ2) is 8.98. The quantitative estimate of drug-likeness (QED) is 0.715. The lowest BCUT2D eigenvalue weighted by Gasteiger charge is -2.24. The second-order valence-electron chi connectivity index (χ2n) is 5.22. The van der Waals surface area contributed by atoms with Gasteiger partial charge in [0.1, 0.15) is 6.04 Å². The van der Waals surface area contributed by atoms with Crippen molar-refractivity contribution in [3.63, 3.8) is 0 Å². The monoisotopic (exact) mass is 368 g/mol. The predicted octanol–water partition coefficient (Wildman–Crippen LogP) is 1.90. The van der Waals surface area contributed by atoms with E-state index in [1.807, 2.05) is 30.5 Å². The van der Waals surface area contributed by atoms with E-state index in [9.17, 15) is 14.4 Å². The van der Waals surface area contributed by atoms with Crippen molar-refractivity contribution in [2.75, 3.05) is 24.4 Å². The number of para-hydroxylation sites is 1. The van der Waals surface area contributed by atoms with Gasteiger partial charge in [0.2, 0.25) is 11.8 Å². The molecule has 6 nitrogen and oxygen atoms in total. The molecule has 1 aliphatic rings. The fourth-order valence-corrected chi connectivity index (χ4v) is 3.86. The number of esters is 1. The summed E-state index contributed by atoms with van der Waals surface area (Å²) in [6.45, 7) is 0. The van der Waals surface area contributed by atoms with Gasteiger partial charge in [-0.15, -0.1) is 11.8 Å². The van der Waals surface area contributed by atoms with Crippen molar-refractivity contribution in [2.45, 2.75) is 29.0 Å². The molecule has 0 saturated carbocycles. The number of ether oxygens (including phenoxy) is 1. The molecule has 0 bridgehead atoms. The third kappa shape index (κ3) is 4.91. The molecule has 2 unspecified atom stereocenters. The summed E-state index contributed by atoms with van der Waals surface area (Å²) in [5, 5.41) is 4.96. The van der Waals surface area contributed by atoms with Crippen LogP contribution < -0.4 is 10.6 Å². The van der Waals surface area contributed by atoms with E-state index in [1.165, 1.54) is 18.9 Å². The Kier molecular flexibility index (Phi) is 6.99. The molecule has 24 heavy (non-hydrogen) atoms. The minimum atomic E-state index is -0.682. The van der Waals surface area contributed by atoms with E-state index >= 15 is 0 Å². The van der Waals surface area contributed by atoms with Crippen LogP contribution in [0.1, 0.15) is 12.8 Å². The highest BCUT2D eigenvalue weighted by molar-refractivity contribution is 8.01. The van der Waals surface area contributed by atoms with Crippen molar-refractivity contribution in [3.05, 3.63) is 24.3 Å². The molecule has 2 N–H and O–H groups in total. The lowest BCUT2D eigenvalue weighted by molar-refractivity contribution is -0.145. The zero-order valence-electron chi connectivity index (χ0n) is 13.5. The Labute approximate surface area is 149 Å². The standard InChI is InChI=1S/C16H20N2O4S2/c1-22-16(21)11(7-8-23-2)17-14(19)9-13-15(20)18-10-5-3-4-6-12(10)24-13/h3-6,11,13H,7-9H2,1-2H3,(H,17,19)(H,18,20). The van der Waals surface area contributed by atoms with Crippen LogP contribution in [-0.2, 0) is 19.1 Å². The van der Waals surface area contributed by atoms with Crippen molar-refractivity contribution in [3.8, 4) is 0 Å². The van der Waals surface area contributed by atoms with Gasteiger partial charge in [-0.25, -0.2) is 4.79 Å². The van der Waals surface area contributed by atoms with Gasteiger partial charge < -0.3 is 15.4 Å². The summed E-state index contributed by atoms with van der Waals surface area (Å²) in [6.07, 6.45) is 2.43. The van der Waals surface area contributed by atoms with Gasteiger partial charge in [0.15, 0.2) is 0 Å². The van der Waals surface area contributed by atoms with Crippen molar-refractivity contribution in [2.24, 2.45) is 0 Å². The number of amides is 2. The van der Waals surface area contributed by atoms with E-state index in [2.05, 4.69) is 10.6 Å². The molecular formula is C16H20N2O4S2. The van der Waals surface area contributed by atoms with Gasteiger partial charge in [-0.3, -0.25) is 9.59 Å². The van der Waals surface area contributed by atoms with Crippen LogP contribution in [0.25, 0.3) is 0 Å². The first-order chi connectivity index (χ1) is 11.5.